The zero-order valence-electron chi connectivity index (χ0n) is 8.66. The lowest BCUT2D eigenvalue weighted by atomic mass is 9.93. The Morgan fingerprint density at radius 1 is 1.50 bits per heavy atom. The number of carbonyl (C=O) groups is 2. The van der Waals surface area contributed by atoms with E-state index in [2.05, 4.69) is 4.90 Å². The van der Waals surface area contributed by atoms with Gasteiger partial charge in [-0.2, -0.15) is 0 Å². The summed E-state index contributed by atoms with van der Waals surface area (Å²) in [6.45, 7) is 0.703. The Kier molecular flexibility index (Phi) is 4.07. The summed E-state index contributed by atoms with van der Waals surface area (Å²) in [5.74, 6) is 0.105. The molecule has 0 aromatic carbocycles. The summed E-state index contributed by atoms with van der Waals surface area (Å²) < 4.78 is 0. The highest BCUT2D eigenvalue weighted by Gasteiger charge is 2.21. The maximum absolute atomic E-state index is 11.0. The van der Waals surface area contributed by atoms with E-state index in [1.807, 2.05) is 7.05 Å². The van der Waals surface area contributed by atoms with Crippen molar-refractivity contribution in [1.29, 1.82) is 0 Å². The first-order valence-electron chi connectivity index (χ1n) is 5.10. The molecule has 4 nitrogen and oxygen atoms in total. The van der Waals surface area contributed by atoms with E-state index >= 15 is 0 Å². The Labute approximate surface area is 84.4 Å². The standard InChI is InChI=1S/C10H18N2O2/c1-12(7-6-10(11)14)8-2-4-9(13)5-3-8/h8H,2-7H2,1H3,(H2,11,14). The largest absolute Gasteiger partial charge is 0.370 e. The molecule has 0 aromatic rings. The molecule has 0 heterocycles. The summed E-state index contributed by atoms with van der Waals surface area (Å²) in [6.07, 6.45) is 3.63. The van der Waals surface area contributed by atoms with Crippen molar-refractivity contribution in [1.82, 2.24) is 4.90 Å². The molecule has 1 amide bonds. The molecule has 1 fully saturated rings. The molecule has 4 heteroatoms. The van der Waals surface area contributed by atoms with E-state index in [0.29, 0.717) is 37.6 Å². The number of hydrogen-bond donors (Lipinski definition) is 1. The molecule has 2 N–H and O–H groups in total. The van der Waals surface area contributed by atoms with E-state index < -0.39 is 0 Å². The van der Waals surface area contributed by atoms with Crippen LogP contribution in [0.15, 0.2) is 0 Å². The van der Waals surface area contributed by atoms with Crippen molar-refractivity contribution in [3.8, 4) is 0 Å². The molecule has 0 spiro atoms. The van der Waals surface area contributed by atoms with E-state index in [1.54, 1.807) is 0 Å². The molecular formula is C10H18N2O2. The van der Waals surface area contributed by atoms with Crippen LogP contribution in [-0.4, -0.2) is 36.2 Å². The number of carbonyl (C=O) groups excluding carboxylic acids is 2. The average Bonchev–Trinajstić information content (AvgIpc) is 2.15. The molecule has 1 aliphatic carbocycles. The molecule has 1 rings (SSSR count). The predicted octanol–water partition coefficient (Wildman–Crippen LogP) is 0.305. The first-order valence-corrected chi connectivity index (χ1v) is 5.10. The molecule has 0 unspecified atom stereocenters. The predicted molar refractivity (Wildman–Crippen MR) is 53.7 cm³/mol. The third-order valence-electron chi connectivity index (χ3n) is 2.85. The fourth-order valence-corrected chi connectivity index (χ4v) is 1.83. The van der Waals surface area contributed by atoms with Gasteiger partial charge in [-0.15, -0.1) is 0 Å². The quantitative estimate of drug-likeness (QED) is 0.707. The summed E-state index contributed by atoms with van der Waals surface area (Å²) >= 11 is 0. The number of rotatable bonds is 4. The number of nitrogens with two attached hydrogens (primary N) is 1. The molecule has 80 valence electrons. The van der Waals surface area contributed by atoms with Crippen LogP contribution in [-0.2, 0) is 9.59 Å². The van der Waals surface area contributed by atoms with Gasteiger partial charge in [-0.1, -0.05) is 0 Å². The molecule has 0 saturated heterocycles. The lowest BCUT2D eigenvalue weighted by molar-refractivity contribution is -0.122. The van der Waals surface area contributed by atoms with Crippen LogP contribution in [0.25, 0.3) is 0 Å². The van der Waals surface area contributed by atoms with Gasteiger partial charge in [0.2, 0.25) is 5.91 Å². The molecule has 0 radical (unpaired) electrons. The van der Waals surface area contributed by atoms with Gasteiger partial charge in [0.25, 0.3) is 0 Å². The fraction of sp³-hybridized carbons (Fsp3) is 0.800. The van der Waals surface area contributed by atoms with Gasteiger partial charge in [-0.25, -0.2) is 0 Å². The summed E-state index contributed by atoms with van der Waals surface area (Å²) in [5, 5.41) is 0. The van der Waals surface area contributed by atoms with Gasteiger partial charge in [-0.05, 0) is 19.9 Å². The van der Waals surface area contributed by atoms with E-state index in [-0.39, 0.29) is 5.91 Å². The highest BCUT2D eigenvalue weighted by Crippen LogP contribution is 2.19. The first kappa shape index (κ1) is 11.2. The SMILES string of the molecule is CN(CCC(N)=O)C1CCC(=O)CC1. The lowest BCUT2D eigenvalue weighted by Gasteiger charge is -2.30. The van der Waals surface area contributed by atoms with Crippen molar-refractivity contribution in [2.45, 2.75) is 38.1 Å². The van der Waals surface area contributed by atoms with Crippen molar-refractivity contribution in [3.05, 3.63) is 0 Å². The third-order valence-corrected chi connectivity index (χ3v) is 2.85. The van der Waals surface area contributed by atoms with Gasteiger partial charge >= 0.3 is 0 Å². The van der Waals surface area contributed by atoms with Crippen LogP contribution < -0.4 is 5.73 Å². The van der Waals surface area contributed by atoms with Crippen molar-refractivity contribution in [3.63, 3.8) is 0 Å². The average molecular weight is 198 g/mol. The van der Waals surface area contributed by atoms with E-state index in [4.69, 9.17) is 5.73 Å². The van der Waals surface area contributed by atoms with Crippen LogP contribution >= 0.6 is 0 Å². The van der Waals surface area contributed by atoms with E-state index in [0.717, 1.165) is 12.8 Å². The molecule has 0 atom stereocenters. The first-order chi connectivity index (χ1) is 6.59. The second-order valence-corrected chi connectivity index (χ2v) is 3.97. The lowest BCUT2D eigenvalue weighted by Crippen LogP contribution is -2.37. The Morgan fingerprint density at radius 2 is 2.07 bits per heavy atom. The minimum absolute atomic E-state index is 0.260. The van der Waals surface area contributed by atoms with Crippen LogP contribution in [0.5, 0.6) is 0 Å². The maximum Gasteiger partial charge on any atom is 0.218 e. The van der Waals surface area contributed by atoms with Gasteiger partial charge in [0.05, 0.1) is 0 Å². The second-order valence-electron chi connectivity index (χ2n) is 3.97. The Bertz CT molecular complexity index is 218. The molecule has 0 bridgehead atoms. The van der Waals surface area contributed by atoms with Gasteiger partial charge in [0, 0.05) is 31.8 Å². The highest BCUT2D eigenvalue weighted by atomic mass is 16.1. The second kappa shape index (κ2) is 5.10. The van der Waals surface area contributed by atoms with Gasteiger partial charge in [0.1, 0.15) is 5.78 Å². The third kappa shape index (κ3) is 3.46. The van der Waals surface area contributed by atoms with Crippen LogP contribution in [0, 0.1) is 0 Å². The Hall–Kier alpha value is -0.900. The number of ketones is 1. The number of primary amides is 1. The van der Waals surface area contributed by atoms with Crippen molar-refractivity contribution >= 4 is 11.7 Å². The minimum atomic E-state index is -0.260. The van der Waals surface area contributed by atoms with Gasteiger partial charge in [-0.3, -0.25) is 9.59 Å². The number of amides is 1. The topological polar surface area (TPSA) is 63.4 Å². The monoisotopic (exact) mass is 198 g/mol. The van der Waals surface area contributed by atoms with Crippen molar-refractivity contribution in [2.24, 2.45) is 5.73 Å². The van der Waals surface area contributed by atoms with Crippen molar-refractivity contribution in [2.75, 3.05) is 13.6 Å². The highest BCUT2D eigenvalue weighted by molar-refractivity contribution is 5.79. The summed E-state index contributed by atoms with van der Waals surface area (Å²) in [5.41, 5.74) is 5.07. The maximum atomic E-state index is 11.0. The van der Waals surface area contributed by atoms with Crippen LogP contribution in [0.2, 0.25) is 0 Å². The molecule has 0 aromatic heterocycles. The zero-order valence-corrected chi connectivity index (χ0v) is 8.66. The Morgan fingerprint density at radius 3 is 2.57 bits per heavy atom. The normalized spacial score (nSPS) is 18.9. The van der Waals surface area contributed by atoms with E-state index in [1.165, 1.54) is 0 Å². The molecule has 14 heavy (non-hydrogen) atoms. The van der Waals surface area contributed by atoms with Crippen LogP contribution in [0.4, 0.5) is 0 Å². The van der Waals surface area contributed by atoms with Gasteiger partial charge < -0.3 is 10.6 Å². The smallest absolute Gasteiger partial charge is 0.218 e. The Balaban J connectivity index is 2.26. The van der Waals surface area contributed by atoms with Crippen LogP contribution in [0.1, 0.15) is 32.1 Å². The summed E-state index contributed by atoms with van der Waals surface area (Å²) in [7, 11) is 1.99. The molecule has 1 saturated carbocycles. The fourth-order valence-electron chi connectivity index (χ4n) is 1.83. The number of Topliss-reactive ketones (excluding diaryl/α,β-unsaturated/α-hetero) is 1. The molecular weight excluding hydrogens is 180 g/mol. The molecule has 0 aliphatic heterocycles. The summed E-state index contributed by atoms with van der Waals surface area (Å²) in [6, 6.07) is 0.451. The zero-order chi connectivity index (χ0) is 10.6. The molecule has 1 aliphatic rings. The van der Waals surface area contributed by atoms with E-state index in [9.17, 15) is 9.59 Å². The van der Waals surface area contributed by atoms with Crippen molar-refractivity contribution < 1.29 is 9.59 Å². The number of nitrogens with zero attached hydrogens (tertiary/aromatic N) is 1. The van der Waals surface area contributed by atoms with Crippen LogP contribution in [0.3, 0.4) is 0 Å². The van der Waals surface area contributed by atoms with Gasteiger partial charge in [0.15, 0.2) is 0 Å². The summed E-state index contributed by atoms with van der Waals surface area (Å²) in [4.78, 5) is 23.7. The number of hydrogen-bond acceptors (Lipinski definition) is 3. The minimum Gasteiger partial charge on any atom is -0.370 e.